The second-order valence-electron chi connectivity index (χ2n) is 4.70. The van der Waals surface area contributed by atoms with Crippen molar-refractivity contribution >= 4 is 12.2 Å². The summed E-state index contributed by atoms with van der Waals surface area (Å²) in [5.74, 6) is 0.560. The maximum Gasteiger partial charge on any atom is 0.261 e. The molecule has 0 saturated heterocycles. The molecule has 0 aliphatic rings. The van der Waals surface area contributed by atoms with Gasteiger partial charge in [-0.3, -0.25) is 14.5 Å². The van der Waals surface area contributed by atoms with Crippen LogP contribution in [0.2, 0.25) is 0 Å². The molecule has 0 amide bonds. The van der Waals surface area contributed by atoms with Crippen LogP contribution in [0.15, 0.2) is 10.9 Å². The molecule has 2 rings (SSSR count). The first-order valence-corrected chi connectivity index (χ1v) is 6.70. The molecular formula is C13H18N4O2S. The minimum absolute atomic E-state index is 0.0739. The summed E-state index contributed by atoms with van der Waals surface area (Å²) in [4.78, 5) is 12.5. The van der Waals surface area contributed by atoms with E-state index < -0.39 is 0 Å². The highest BCUT2D eigenvalue weighted by Crippen LogP contribution is 2.18. The van der Waals surface area contributed by atoms with E-state index in [4.69, 9.17) is 17.0 Å². The topological polar surface area (TPSA) is 64.8 Å². The molecule has 0 saturated carbocycles. The van der Waals surface area contributed by atoms with Crippen LogP contribution < -0.4 is 5.56 Å². The highest BCUT2D eigenvalue weighted by molar-refractivity contribution is 7.71. The fourth-order valence-corrected chi connectivity index (χ4v) is 2.37. The van der Waals surface area contributed by atoms with Gasteiger partial charge in [0.15, 0.2) is 10.6 Å². The average Bonchev–Trinajstić information content (AvgIpc) is 2.75. The molecule has 2 aromatic rings. The molecule has 108 valence electrons. The van der Waals surface area contributed by atoms with Crippen LogP contribution in [-0.4, -0.2) is 33.0 Å². The van der Waals surface area contributed by atoms with Crippen LogP contribution in [0.4, 0.5) is 0 Å². The van der Waals surface area contributed by atoms with E-state index in [0.717, 1.165) is 11.3 Å². The van der Waals surface area contributed by atoms with Crippen molar-refractivity contribution in [3.05, 3.63) is 32.4 Å². The van der Waals surface area contributed by atoms with Crippen molar-refractivity contribution in [2.75, 3.05) is 13.7 Å². The Labute approximate surface area is 122 Å². The van der Waals surface area contributed by atoms with E-state index in [1.165, 1.54) is 0 Å². The zero-order valence-corrected chi connectivity index (χ0v) is 12.9. The second kappa shape index (κ2) is 5.72. The Balaban J connectivity index is 2.67. The van der Waals surface area contributed by atoms with Gasteiger partial charge in [-0.15, -0.1) is 0 Å². The summed E-state index contributed by atoms with van der Waals surface area (Å²) in [6, 6.07) is 1.97. The van der Waals surface area contributed by atoms with Crippen molar-refractivity contribution in [3.63, 3.8) is 0 Å². The van der Waals surface area contributed by atoms with Crippen molar-refractivity contribution in [1.82, 2.24) is 19.3 Å². The average molecular weight is 294 g/mol. The SMILES string of the molecule is COCCn1c(-c2c(C)cc(C)n(C)c2=O)n[nH]c1=S. The number of nitrogens with zero attached hydrogens (tertiary/aromatic N) is 3. The maximum atomic E-state index is 12.5. The number of aromatic amines is 1. The van der Waals surface area contributed by atoms with E-state index >= 15 is 0 Å². The molecule has 20 heavy (non-hydrogen) atoms. The summed E-state index contributed by atoms with van der Waals surface area (Å²) in [6.07, 6.45) is 0. The zero-order chi connectivity index (χ0) is 14.9. The lowest BCUT2D eigenvalue weighted by Crippen LogP contribution is -2.23. The summed E-state index contributed by atoms with van der Waals surface area (Å²) in [5, 5.41) is 6.95. The van der Waals surface area contributed by atoms with E-state index in [9.17, 15) is 4.79 Å². The number of hydrogen-bond donors (Lipinski definition) is 1. The molecule has 6 nitrogen and oxygen atoms in total. The first-order chi connectivity index (χ1) is 9.47. The van der Waals surface area contributed by atoms with E-state index in [1.54, 1.807) is 23.3 Å². The number of pyridine rings is 1. The molecule has 0 aliphatic heterocycles. The van der Waals surface area contributed by atoms with Crippen LogP contribution in [0.3, 0.4) is 0 Å². The Hall–Kier alpha value is -1.73. The van der Waals surface area contributed by atoms with Crippen molar-refractivity contribution in [3.8, 4) is 11.4 Å². The standard InChI is InChI=1S/C13H18N4O2S/c1-8-7-9(2)16(3)12(18)10(8)11-14-15-13(20)17(11)5-6-19-4/h7H,5-6H2,1-4H3,(H,15,20). The number of nitrogens with one attached hydrogen (secondary N) is 1. The van der Waals surface area contributed by atoms with Gasteiger partial charge in [-0.1, -0.05) is 0 Å². The number of hydrogen-bond acceptors (Lipinski definition) is 4. The van der Waals surface area contributed by atoms with Crippen LogP contribution in [0.5, 0.6) is 0 Å². The summed E-state index contributed by atoms with van der Waals surface area (Å²) in [6.45, 7) is 4.87. The molecule has 0 spiro atoms. The monoisotopic (exact) mass is 294 g/mol. The highest BCUT2D eigenvalue weighted by atomic mass is 32.1. The van der Waals surface area contributed by atoms with E-state index in [0.29, 0.717) is 29.3 Å². The molecule has 0 aliphatic carbocycles. The number of aromatic nitrogens is 4. The Morgan fingerprint density at radius 1 is 1.45 bits per heavy atom. The molecule has 0 unspecified atom stereocenters. The number of methoxy groups -OCH3 is 1. The first kappa shape index (κ1) is 14.7. The minimum Gasteiger partial charge on any atom is -0.383 e. The predicted molar refractivity (Wildman–Crippen MR) is 79.4 cm³/mol. The predicted octanol–water partition coefficient (Wildman–Crippen LogP) is 1.57. The third kappa shape index (κ3) is 2.46. The van der Waals surface area contributed by atoms with Crippen LogP contribution in [0.1, 0.15) is 11.3 Å². The van der Waals surface area contributed by atoms with Crippen molar-refractivity contribution in [1.29, 1.82) is 0 Å². The Morgan fingerprint density at radius 3 is 2.80 bits per heavy atom. The quantitative estimate of drug-likeness (QED) is 0.869. The smallest absolute Gasteiger partial charge is 0.261 e. The fourth-order valence-electron chi connectivity index (χ4n) is 2.15. The fraction of sp³-hybridized carbons (Fsp3) is 0.462. The normalized spacial score (nSPS) is 11.0. The summed E-state index contributed by atoms with van der Waals surface area (Å²) in [5.41, 5.74) is 2.30. The first-order valence-electron chi connectivity index (χ1n) is 6.29. The number of rotatable bonds is 4. The third-order valence-corrected chi connectivity index (χ3v) is 3.68. The van der Waals surface area contributed by atoms with E-state index in [2.05, 4.69) is 10.2 Å². The lowest BCUT2D eigenvalue weighted by atomic mass is 10.1. The summed E-state index contributed by atoms with van der Waals surface area (Å²) >= 11 is 5.21. The maximum absolute atomic E-state index is 12.5. The molecule has 0 bridgehead atoms. The van der Waals surface area contributed by atoms with Crippen LogP contribution >= 0.6 is 12.2 Å². The second-order valence-corrected chi connectivity index (χ2v) is 5.09. The van der Waals surface area contributed by atoms with Gasteiger partial charge in [-0.2, -0.15) is 5.10 Å². The van der Waals surface area contributed by atoms with Crippen LogP contribution in [0.25, 0.3) is 11.4 Å². The number of aryl methyl sites for hydroxylation is 2. The number of ether oxygens (including phenoxy) is 1. The van der Waals surface area contributed by atoms with E-state index in [-0.39, 0.29) is 5.56 Å². The van der Waals surface area contributed by atoms with Gasteiger partial charge in [-0.05, 0) is 37.7 Å². The molecular weight excluding hydrogens is 276 g/mol. The molecule has 2 aromatic heterocycles. The van der Waals surface area contributed by atoms with Gasteiger partial charge in [0.05, 0.1) is 18.7 Å². The molecule has 7 heteroatoms. The van der Waals surface area contributed by atoms with Crippen molar-refractivity contribution < 1.29 is 4.74 Å². The van der Waals surface area contributed by atoms with E-state index in [1.807, 2.05) is 19.9 Å². The summed E-state index contributed by atoms with van der Waals surface area (Å²) < 4.78 is 8.96. The molecule has 2 heterocycles. The van der Waals surface area contributed by atoms with Gasteiger partial charge in [0, 0.05) is 19.9 Å². The van der Waals surface area contributed by atoms with Crippen molar-refractivity contribution in [2.45, 2.75) is 20.4 Å². The molecule has 0 atom stereocenters. The Bertz CT molecular complexity index is 742. The zero-order valence-electron chi connectivity index (χ0n) is 12.1. The lowest BCUT2D eigenvalue weighted by molar-refractivity contribution is 0.187. The van der Waals surface area contributed by atoms with Gasteiger partial charge in [-0.25, -0.2) is 0 Å². The largest absolute Gasteiger partial charge is 0.383 e. The van der Waals surface area contributed by atoms with Crippen molar-refractivity contribution in [2.24, 2.45) is 7.05 Å². The van der Waals surface area contributed by atoms with Gasteiger partial charge >= 0.3 is 0 Å². The Morgan fingerprint density at radius 2 is 2.15 bits per heavy atom. The van der Waals surface area contributed by atoms with Gasteiger partial charge in [0.2, 0.25) is 0 Å². The van der Waals surface area contributed by atoms with Gasteiger partial charge < -0.3 is 9.30 Å². The number of H-pyrrole nitrogens is 1. The molecule has 1 N–H and O–H groups in total. The minimum atomic E-state index is -0.0739. The summed E-state index contributed by atoms with van der Waals surface area (Å²) in [7, 11) is 3.38. The lowest BCUT2D eigenvalue weighted by Gasteiger charge is -2.11. The molecule has 0 radical (unpaired) electrons. The van der Waals surface area contributed by atoms with Crippen LogP contribution in [0, 0.1) is 18.6 Å². The van der Waals surface area contributed by atoms with Gasteiger partial charge in [0.25, 0.3) is 5.56 Å². The third-order valence-electron chi connectivity index (χ3n) is 3.37. The highest BCUT2D eigenvalue weighted by Gasteiger charge is 2.17. The molecule has 0 aromatic carbocycles. The Kier molecular flexibility index (Phi) is 4.20. The molecule has 0 fully saturated rings. The van der Waals surface area contributed by atoms with Gasteiger partial charge in [0.1, 0.15) is 0 Å². The van der Waals surface area contributed by atoms with Crippen LogP contribution in [-0.2, 0) is 18.3 Å².